The molecule has 1 saturated carbocycles. The number of terminal acetylenes is 1. The van der Waals surface area contributed by atoms with Gasteiger partial charge in [-0.15, -0.1) is 16.6 Å². The third-order valence-corrected chi connectivity index (χ3v) is 16.2. The van der Waals surface area contributed by atoms with Gasteiger partial charge in [0.05, 0.1) is 23.5 Å². The lowest BCUT2D eigenvalue weighted by Crippen LogP contribution is -2.61. The third kappa shape index (κ3) is 10.5. The molecule has 0 unspecified atom stereocenters. The van der Waals surface area contributed by atoms with Crippen LogP contribution in [0.15, 0.2) is 48.5 Å². The highest BCUT2D eigenvalue weighted by atomic mass is 35.5. The molecule has 15 nitrogen and oxygen atoms in total. The Morgan fingerprint density at radius 2 is 1.51 bits per heavy atom. The number of aromatic hydroxyl groups is 1. The average Bonchev–Trinajstić information content (AvgIpc) is 3.76. The molecule has 16 heteroatoms. The molecular formula is C52H69ClN10O5. The zero-order valence-electron chi connectivity index (χ0n) is 39.9. The van der Waals surface area contributed by atoms with Crippen LogP contribution >= 0.6 is 11.6 Å². The first-order valence-electron chi connectivity index (χ1n) is 24.9. The lowest BCUT2D eigenvalue weighted by Gasteiger charge is -2.50. The van der Waals surface area contributed by atoms with Gasteiger partial charge in [-0.25, -0.2) is 0 Å². The first-order chi connectivity index (χ1) is 32.7. The van der Waals surface area contributed by atoms with Crippen molar-refractivity contribution in [1.29, 1.82) is 0 Å². The van der Waals surface area contributed by atoms with Gasteiger partial charge in [-0.1, -0.05) is 56.5 Å². The maximum absolute atomic E-state index is 14.2. The Labute approximate surface area is 406 Å². The number of carbonyl (C=O) groups excluding carboxylic acids is 3. The Morgan fingerprint density at radius 1 is 0.838 bits per heavy atom. The Hall–Kier alpha value is -4.98. The number of nitrogens with zero attached hydrogens (tertiary/aromatic N) is 7. The number of rotatable bonds is 10. The van der Waals surface area contributed by atoms with Crippen molar-refractivity contribution in [1.82, 2.24) is 40.4 Å². The van der Waals surface area contributed by atoms with Gasteiger partial charge in [0.15, 0.2) is 5.82 Å². The minimum Gasteiger partial charge on any atom is -0.507 e. The van der Waals surface area contributed by atoms with E-state index >= 15 is 0 Å². The molecule has 6 aliphatic rings. The monoisotopic (exact) mass is 949 g/mol. The number of fused-ring (bicyclic) bond motifs is 3. The molecule has 0 bridgehead atoms. The van der Waals surface area contributed by atoms with E-state index in [1.54, 1.807) is 24.3 Å². The molecule has 5 fully saturated rings. The molecule has 6 heterocycles. The predicted molar refractivity (Wildman–Crippen MR) is 264 cm³/mol. The SMILES string of the molecule is C#Cc1ccc(CNC(=O)[C@@H]2C[C@@H](O)CN2C(=O)[C@@H](NC(=O)[C@H]2CC[C@H](N3CCC(N4CCC(N5CCN6c7cc(-c8ccccc8O)nnc7NC[C@H]6C5)CC4)CC3)CC2)C(C)(C)C)c(Cl)c1. The summed E-state index contributed by atoms with van der Waals surface area (Å²) >= 11 is 6.39. The van der Waals surface area contributed by atoms with E-state index in [1.807, 2.05) is 39.0 Å². The Kier molecular flexibility index (Phi) is 14.5. The standard InChI is InChI=1S/C52H69ClN10O5/c1-5-33-10-11-35(42(53)26-33)29-55-50(67)45-27-40(64)32-63(45)51(68)47(52(2,3)4)56-49(66)34-12-14-36(15-13-34)59-20-16-37(17-21-59)60-22-18-38(19-23-60)61-24-25-62-39(31-61)30-54-48-44(62)28-43(57-58-48)41-8-6-7-9-46(41)65/h1,6-11,26,28,34,36-40,45,47,64-65H,12-25,27,29-32H2,2-4H3,(H,54,58)(H,55,67)(H,56,66)/t34-,36-,39-,40+,45-,47+/m0/s1. The smallest absolute Gasteiger partial charge is 0.246 e. The minimum atomic E-state index is -0.874. The summed E-state index contributed by atoms with van der Waals surface area (Å²) in [6.07, 6.45) is 13.0. The average molecular weight is 950 g/mol. The summed E-state index contributed by atoms with van der Waals surface area (Å²) in [7, 11) is 0. The molecule has 3 amide bonds. The lowest BCUT2D eigenvalue weighted by molar-refractivity contribution is -0.144. The van der Waals surface area contributed by atoms with Gasteiger partial charge in [0.25, 0.3) is 0 Å². The Morgan fingerprint density at radius 3 is 2.18 bits per heavy atom. The van der Waals surface area contributed by atoms with Crippen molar-refractivity contribution in [2.45, 2.75) is 127 Å². The number of piperidine rings is 2. The number of piperazine rings is 1. The minimum absolute atomic E-state index is 0.0197. The molecule has 4 saturated heterocycles. The number of aliphatic hydroxyl groups excluding tert-OH is 1. The fourth-order valence-corrected chi connectivity index (χ4v) is 12.1. The summed E-state index contributed by atoms with van der Waals surface area (Å²) in [5.74, 6) is 2.54. The second-order valence-corrected chi connectivity index (χ2v) is 21.5. The number of phenolic OH excluding ortho intramolecular Hbond substituents is 1. The van der Waals surface area contributed by atoms with Gasteiger partial charge in [-0.3, -0.25) is 19.3 Å². The van der Waals surface area contributed by atoms with Crippen molar-refractivity contribution in [2.75, 3.05) is 69.1 Å². The van der Waals surface area contributed by atoms with Crippen LogP contribution < -0.4 is 20.9 Å². The number of hydrogen-bond acceptors (Lipinski definition) is 12. The molecule has 3 aromatic rings. The fraction of sp³-hybridized carbons (Fsp3) is 0.596. The molecule has 9 rings (SSSR count). The van der Waals surface area contributed by atoms with Crippen LogP contribution in [0.1, 0.15) is 89.7 Å². The van der Waals surface area contributed by atoms with Crippen LogP contribution in [0.25, 0.3) is 11.3 Å². The number of carbonyl (C=O) groups is 3. The number of benzene rings is 2. The van der Waals surface area contributed by atoms with Crippen molar-refractivity contribution in [3.8, 4) is 29.4 Å². The molecule has 0 radical (unpaired) electrons. The summed E-state index contributed by atoms with van der Waals surface area (Å²) in [5.41, 5.74) is 3.16. The molecule has 364 valence electrons. The van der Waals surface area contributed by atoms with Gasteiger partial charge in [0.1, 0.15) is 17.8 Å². The zero-order chi connectivity index (χ0) is 47.7. The summed E-state index contributed by atoms with van der Waals surface area (Å²) in [5, 5.41) is 40.0. The second kappa shape index (κ2) is 20.5. The maximum atomic E-state index is 14.2. The number of hydrogen-bond donors (Lipinski definition) is 5. The van der Waals surface area contributed by atoms with Crippen LogP contribution in [-0.4, -0.2) is 159 Å². The summed E-state index contributed by atoms with van der Waals surface area (Å²) in [6, 6.07) is 14.9. The van der Waals surface area contributed by atoms with Crippen LogP contribution in [-0.2, 0) is 20.9 Å². The van der Waals surface area contributed by atoms with E-state index in [-0.39, 0.29) is 48.9 Å². The van der Waals surface area contributed by atoms with Crippen LogP contribution in [0.3, 0.4) is 0 Å². The molecule has 5 aliphatic heterocycles. The van der Waals surface area contributed by atoms with Gasteiger partial charge in [0.2, 0.25) is 17.7 Å². The second-order valence-electron chi connectivity index (χ2n) is 21.1. The maximum Gasteiger partial charge on any atom is 0.246 e. The van der Waals surface area contributed by atoms with Gasteiger partial charge >= 0.3 is 0 Å². The molecule has 0 spiro atoms. The van der Waals surface area contributed by atoms with Crippen LogP contribution in [0, 0.1) is 23.7 Å². The van der Waals surface area contributed by atoms with Crippen LogP contribution in [0.5, 0.6) is 5.75 Å². The van der Waals surface area contributed by atoms with Crippen molar-refractivity contribution < 1.29 is 24.6 Å². The van der Waals surface area contributed by atoms with E-state index in [2.05, 4.69) is 57.7 Å². The molecular weight excluding hydrogens is 880 g/mol. The highest BCUT2D eigenvalue weighted by Crippen LogP contribution is 2.38. The Balaban J connectivity index is 0.707. The fourth-order valence-electron chi connectivity index (χ4n) is 11.9. The van der Waals surface area contributed by atoms with Crippen molar-refractivity contribution in [2.24, 2.45) is 11.3 Å². The molecule has 5 N–H and O–H groups in total. The Bertz CT molecular complexity index is 2350. The number of halogens is 1. The van der Waals surface area contributed by atoms with Gasteiger partial charge < -0.3 is 45.8 Å². The quantitative estimate of drug-likeness (QED) is 0.178. The number of anilines is 2. The van der Waals surface area contributed by atoms with Crippen LogP contribution in [0.4, 0.5) is 11.5 Å². The summed E-state index contributed by atoms with van der Waals surface area (Å²) in [6.45, 7) is 14.2. The molecule has 68 heavy (non-hydrogen) atoms. The zero-order valence-corrected chi connectivity index (χ0v) is 40.6. The molecule has 4 atom stereocenters. The highest BCUT2D eigenvalue weighted by Gasteiger charge is 2.46. The number of amides is 3. The number of aliphatic hydroxyl groups is 1. The van der Waals surface area contributed by atoms with E-state index in [9.17, 15) is 24.6 Å². The lowest BCUT2D eigenvalue weighted by atomic mass is 9.82. The summed E-state index contributed by atoms with van der Waals surface area (Å²) in [4.78, 5) is 53.7. The number of β-amino-alcohol motifs (C(OH)–C–C–N with tert-alkyl or cyclic N) is 1. The van der Waals surface area contributed by atoms with Crippen molar-refractivity contribution in [3.63, 3.8) is 0 Å². The van der Waals surface area contributed by atoms with Crippen molar-refractivity contribution >= 4 is 40.8 Å². The number of phenols is 1. The van der Waals surface area contributed by atoms with Crippen molar-refractivity contribution in [3.05, 3.63) is 64.7 Å². The first kappa shape index (κ1) is 48.1. The van der Waals surface area contributed by atoms with E-state index in [4.69, 9.17) is 18.0 Å². The number of para-hydroxylation sites is 1. The summed E-state index contributed by atoms with van der Waals surface area (Å²) < 4.78 is 0. The first-order valence-corrected chi connectivity index (χ1v) is 25.3. The van der Waals surface area contributed by atoms with Gasteiger partial charge in [-0.2, -0.15) is 0 Å². The molecule has 1 aliphatic carbocycles. The molecule has 1 aromatic heterocycles. The van der Waals surface area contributed by atoms with Gasteiger partial charge in [0, 0.05) is 85.9 Å². The van der Waals surface area contributed by atoms with E-state index < -0.39 is 23.6 Å². The number of nitrogens with one attached hydrogen (secondary N) is 3. The number of likely N-dealkylation sites (tertiary alicyclic amines) is 3. The largest absolute Gasteiger partial charge is 0.507 e. The van der Waals surface area contributed by atoms with E-state index in [0.717, 1.165) is 89.5 Å². The third-order valence-electron chi connectivity index (χ3n) is 15.8. The van der Waals surface area contributed by atoms with E-state index in [1.165, 1.54) is 30.6 Å². The predicted octanol–water partition coefficient (Wildman–Crippen LogP) is 4.70. The van der Waals surface area contributed by atoms with Gasteiger partial charge in [-0.05, 0) is 119 Å². The van der Waals surface area contributed by atoms with Crippen LogP contribution in [0.2, 0.25) is 5.02 Å². The highest BCUT2D eigenvalue weighted by molar-refractivity contribution is 6.31. The van der Waals surface area contributed by atoms with E-state index in [0.29, 0.717) is 51.6 Å². The molecule has 2 aromatic carbocycles. The topological polar surface area (TPSA) is 170 Å². The number of aromatic nitrogens is 2. The normalized spacial score (nSPS) is 26.0.